The van der Waals surface area contributed by atoms with Gasteiger partial charge in [-0.1, -0.05) is 17.7 Å². The summed E-state index contributed by atoms with van der Waals surface area (Å²) in [6, 6.07) is 10.7. The molecule has 0 saturated carbocycles. The zero-order chi connectivity index (χ0) is 15.1. The first-order chi connectivity index (χ1) is 10.7. The lowest BCUT2D eigenvalue weighted by molar-refractivity contribution is 0.0749. The summed E-state index contributed by atoms with van der Waals surface area (Å²) in [6.07, 6.45) is 1.61. The summed E-state index contributed by atoms with van der Waals surface area (Å²) in [6.45, 7) is 1.02. The van der Waals surface area contributed by atoms with E-state index >= 15 is 0 Å². The largest absolute Gasteiger partial charge is 0.463 e. The molecule has 4 rings (SSSR count). The van der Waals surface area contributed by atoms with Crippen molar-refractivity contribution in [2.75, 3.05) is 0 Å². The van der Waals surface area contributed by atoms with Crippen molar-refractivity contribution in [1.29, 1.82) is 0 Å². The second-order valence-electron chi connectivity index (χ2n) is 5.18. The van der Waals surface area contributed by atoms with Gasteiger partial charge in [-0.3, -0.25) is 9.89 Å². The molecule has 0 unspecified atom stereocenters. The molecule has 0 radical (unpaired) electrons. The number of nitrogens with one attached hydrogen (secondary N) is 1. The number of rotatable bonds is 2. The van der Waals surface area contributed by atoms with Crippen LogP contribution in [0.5, 0.6) is 0 Å². The van der Waals surface area contributed by atoms with Gasteiger partial charge in [0, 0.05) is 16.1 Å². The monoisotopic (exact) mass is 313 g/mol. The van der Waals surface area contributed by atoms with Gasteiger partial charge in [-0.25, -0.2) is 0 Å². The molecule has 0 saturated heterocycles. The lowest BCUT2D eigenvalue weighted by Gasteiger charge is -2.15. The van der Waals surface area contributed by atoms with Gasteiger partial charge in [-0.2, -0.15) is 5.10 Å². The van der Waals surface area contributed by atoms with E-state index in [4.69, 9.17) is 16.0 Å². The zero-order valence-electron chi connectivity index (χ0n) is 11.5. The first kappa shape index (κ1) is 13.2. The highest BCUT2D eigenvalue weighted by Gasteiger charge is 2.29. The van der Waals surface area contributed by atoms with Gasteiger partial charge in [0.05, 0.1) is 25.0 Å². The number of carbonyl (C=O) groups excluding carboxylic acids is 1. The Kier molecular flexibility index (Phi) is 3.01. The van der Waals surface area contributed by atoms with Crippen LogP contribution in [0.1, 0.15) is 21.6 Å². The van der Waals surface area contributed by atoms with Crippen LogP contribution in [0, 0.1) is 0 Å². The molecule has 22 heavy (non-hydrogen) atoms. The van der Waals surface area contributed by atoms with E-state index in [1.807, 2.05) is 12.1 Å². The molecular weight excluding hydrogens is 302 g/mol. The minimum absolute atomic E-state index is 0.0440. The molecule has 5 nitrogen and oxygen atoms in total. The number of nitrogens with zero attached hydrogens (tertiary/aromatic N) is 2. The summed E-state index contributed by atoms with van der Waals surface area (Å²) in [7, 11) is 0. The van der Waals surface area contributed by atoms with Crippen LogP contribution in [-0.4, -0.2) is 21.0 Å². The Hall–Kier alpha value is -2.53. The lowest BCUT2D eigenvalue weighted by atomic mass is 10.2. The quantitative estimate of drug-likeness (QED) is 0.788. The molecule has 1 N–H and O–H groups in total. The fourth-order valence-electron chi connectivity index (χ4n) is 2.70. The molecule has 0 fully saturated rings. The number of hydrogen-bond donors (Lipinski definition) is 1. The van der Waals surface area contributed by atoms with E-state index in [1.165, 1.54) is 0 Å². The van der Waals surface area contributed by atoms with E-state index in [2.05, 4.69) is 10.2 Å². The highest BCUT2D eigenvalue weighted by molar-refractivity contribution is 6.30. The third-order valence-corrected chi connectivity index (χ3v) is 4.00. The maximum atomic E-state index is 12.6. The van der Waals surface area contributed by atoms with Crippen molar-refractivity contribution in [3.63, 3.8) is 0 Å². The number of aromatic amines is 1. The number of fused-ring (bicyclic) bond motifs is 1. The van der Waals surface area contributed by atoms with Crippen molar-refractivity contribution in [3.05, 3.63) is 64.5 Å². The molecular formula is C16H12ClN3O2. The number of amides is 1. The molecule has 1 aliphatic heterocycles. The van der Waals surface area contributed by atoms with Crippen LogP contribution >= 0.6 is 11.6 Å². The van der Waals surface area contributed by atoms with Gasteiger partial charge < -0.3 is 9.32 Å². The van der Waals surface area contributed by atoms with Crippen molar-refractivity contribution in [2.45, 2.75) is 13.1 Å². The van der Waals surface area contributed by atoms with Gasteiger partial charge in [0.25, 0.3) is 5.91 Å². The molecule has 3 aromatic rings. The molecule has 1 amide bonds. The van der Waals surface area contributed by atoms with Gasteiger partial charge in [-0.15, -0.1) is 0 Å². The van der Waals surface area contributed by atoms with E-state index in [0.29, 0.717) is 29.4 Å². The van der Waals surface area contributed by atoms with Gasteiger partial charge >= 0.3 is 0 Å². The number of furan rings is 1. The number of halogens is 1. The fraction of sp³-hybridized carbons (Fsp3) is 0.125. The minimum atomic E-state index is -0.0440. The van der Waals surface area contributed by atoms with Crippen LogP contribution in [0.15, 0.2) is 47.1 Å². The molecule has 3 heterocycles. The minimum Gasteiger partial charge on any atom is -0.463 e. The van der Waals surface area contributed by atoms with Crippen LogP contribution in [0.25, 0.3) is 11.5 Å². The normalized spacial score (nSPS) is 13.4. The van der Waals surface area contributed by atoms with Gasteiger partial charge in [0.2, 0.25) is 0 Å². The fourth-order valence-corrected chi connectivity index (χ4v) is 2.90. The number of hydrogen-bond acceptors (Lipinski definition) is 3. The standard InChI is InChI=1S/C16H12ClN3O2/c17-11-4-1-3-10(7-11)16(21)20-8-12-13(9-20)18-19-15(12)14-5-2-6-22-14/h1-7H,8-9H2,(H,18,19). The van der Waals surface area contributed by atoms with Gasteiger partial charge in [0.1, 0.15) is 5.69 Å². The van der Waals surface area contributed by atoms with Crippen molar-refractivity contribution >= 4 is 17.5 Å². The van der Waals surface area contributed by atoms with E-state index in [0.717, 1.165) is 17.0 Å². The average Bonchev–Trinajstić information content (AvgIpc) is 3.22. The Morgan fingerprint density at radius 1 is 1.27 bits per heavy atom. The number of benzene rings is 1. The SMILES string of the molecule is O=C(c1cccc(Cl)c1)N1Cc2[nH]nc(-c3ccco3)c2C1. The second-order valence-corrected chi connectivity index (χ2v) is 5.61. The summed E-state index contributed by atoms with van der Waals surface area (Å²) < 4.78 is 5.40. The molecule has 6 heteroatoms. The van der Waals surface area contributed by atoms with Crippen LogP contribution in [0.3, 0.4) is 0 Å². The summed E-state index contributed by atoms with van der Waals surface area (Å²) in [5, 5.41) is 7.83. The van der Waals surface area contributed by atoms with Gasteiger partial charge in [-0.05, 0) is 30.3 Å². The van der Waals surface area contributed by atoms with Crippen molar-refractivity contribution in [1.82, 2.24) is 15.1 Å². The Labute approximate surface area is 131 Å². The van der Waals surface area contributed by atoms with E-state index < -0.39 is 0 Å². The number of carbonyl (C=O) groups is 1. The molecule has 110 valence electrons. The lowest BCUT2D eigenvalue weighted by Crippen LogP contribution is -2.25. The zero-order valence-corrected chi connectivity index (χ0v) is 12.3. The van der Waals surface area contributed by atoms with Crippen molar-refractivity contribution in [3.8, 4) is 11.5 Å². The first-order valence-corrected chi connectivity index (χ1v) is 7.25. The molecule has 1 aliphatic rings. The van der Waals surface area contributed by atoms with Crippen LogP contribution in [0.4, 0.5) is 0 Å². The van der Waals surface area contributed by atoms with Gasteiger partial charge in [0.15, 0.2) is 5.76 Å². The van der Waals surface area contributed by atoms with Crippen LogP contribution in [-0.2, 0) is 13.1 Å². The molecule has 0 spiro atoms. The maximum absolute atomic E-state index is 12.6. The molecule has 2 aromatic heterocycles. The molecule has 0 atom stereocenters. The summed E-state index contributed by atoms with van der Waals surface area (Å²) in [4.78, 5) is 14.3. The predicted octanol–water partition coefficient (Wildman–Crippen LogP) is 3.48. The third-order valence-electron chi connectivity index (χ3n) is 3.76. The van der Waals surface area contributed by atoms with E-state index in [1.54, 1.807) is 35.4 Å². The Bertz CT molecular complexity index is 839. The summed E-state index contributed by atoms with van der Waals surface area (Å²) in [5.74, 6) is 0.659. The van der Waals surface area contributed by atoms with E-state index in [-0.39, 0.29) is 5.91 Å². The summed E-state index contributed by atoms with van der Waals surface area (Å²) in [5.41, 5.74) is 3.30. The number of aromatic nitrogens is 2. The van der Waals surface area contributed by atoms with Crippen molar-refractivity contribution in [2.24, 2.45) is 0 Å². The predicted molar refractivity (Wildman–Crippen MR) is 81.3 cm³/mol. The summed E-state index contributed by atoms with van der Waals surface area (Å²) >= 11 is 5.96. The topological polar surface area (TPSA) is 62.1 Å². The smallest absolute Gasteiger partial charge is 0.254 e. The number of H-pyrrole nitrogens is 1. The highest BCUT2D eigenvalue weighted by atomic mass is 35.5. The Morgan fingerprint density at radius 2 is 2.18 bits per heavy atom. The average molecular weight is 314 g/mol. The highest BCUT2D eigenvalue weighted by Crippen LogP contribution is 2.31. The van der Waals surface area contributed by atoms with E-state index in [9.17, 15) is 4.79 Å². The van der Waals surface area contributed by atoms with Crippen molar-refractivity contribution < 1.29 is 9.21 Å². The first-order valence-electron chi connectivity index (χ1n) is 6.87. The Morgan fingerprint density at radius 3 is 2.95 bits per heavy atom. The van der Waals surface area contributed by atoms with Crippen LogP contribution in [0.2, 0.25) is 5.02 Å². The maximum Gasteiger partial charge on any atom is 0.254 e. The second kappa shape index (κ2) is 5.03. The Balaban J connectivity index is 1.61. The van der Waals surface area contributed by atoms with Crippen LogP contribution < -0.4 is 0 Å². The molecule has 1 aromatic carbocycles. The third kappa shape index (κ3) is 2.10. The molecule has 0 aliphatic carbocycles. The molecule has 0 bridgehead atoms.